The minimum atomic E-state index is -0.467. The van der Waals surface area contributed by atoms with Crippen molar-refractivity contribution in [1.29, 1.82) is 0 Å². The molecule has 0 saturated carbocycles. The lowest BCUT2D eigenvalue weighted by atomic mass is 9.86. The fraction of sp³-hybridized carbons (Fsp3) is 0.550. The molecule has 0 N–H and O–H groups in total. The fourth-order valence-electron chi connectivity index (χ4n) is 3.32. The van der Waals surface area contributed by atoms with Crippen molar-refractivity contribution < 1.29 is 14.3 Å². The van der Waals surface area contributed by atoms with Crippen LogP contribution in [-0.4, -0.2) is 36.9 Å². The highest BCUT2D eigenvalue weighted by atomic mass is 16.6. The van der Waals surface area contributed by atoms with Crippen LogP contribution in [0, 0.1) is 0 Å². The first-order chi connectivity index (χ1) is 11.4. The van der Waals surface area contributed by atoms with Gasteiger partial charge in [0.15, 0.2) is 0 Å². The summed E-state index contributed by atoms with van der Waals surface area (Å²) in [6.07, 6.45) is 7.47. The normalized spacial score (nSPS) is 20.2. The van der Waals surface area contributed by atoms with Gasteiger partial charge in [-0.3, -0.25) is 0 Å². The van der Waals surface area contributed by atoms with E-state index in [1.165, 1.54) is 0 Å². The predicted octanol–water partition coefficient (Wildman–Crippen LogP) is 3.96. The molecule has 1 aromatic carbocycles. The average Bonchev–Trinajstić information content (AvgIpc) is 2.55. The van der Waals surface area contributed by atoms with E-state index in [9.17, 15) is 4.79 Å². The van der Waals surface area contributed by atoms with Crippen LogP contribution in [0.15, 0.2) is 36.4 Å². The van der Waals surface area contributed by atoms with Gasteiger partial charge in [-0.15, -0.1) is 0 Å². The zero-order valence-electron chi connectivity index (χ0n) is 14.9. The number of rotatable bonds is 2. The molecule has 0 amide bonds. The number of esters is 1. The summed E-state index contributed by atoms with van der Waals surface area (Å²) in [5, 5.41) is 0. The molecule has 3 rings (SSSR count). The molecule has 2 heterocycles. The number of nitrogens with zero attached hydrogens (tertiary/aromatic N) is 1. The molecule has 0 bridgehead atoms. The van der Waals surface area contributed by atoms with E-state index in [4.69, 9.17) is 9.47 Å². The maximum absolute atomic E-state index is 12.1. The molecule has 1 fully saturated rings. The molecule has 1 spiro atoms. The van der Waals surface area contributed by atoms with Gasteiger partial charge in [-0.05, 0) is 64.3 Å². The van der Waals surface area contributed by atoms with Crippen molar-refractivity contribution in [3.63, 3.8) is 0 Å². The highest BCUT2D eigenvalue weighted by molar-refractivity contribution is 5.90. The molecule has 0 radical (unpaired) electrons. The maximum Gasteiger partial charge on any atom is 0.338 e. The van der Waals surface area contributed by atoms with Crippen LogP contribution in [0.3, 0.4) is 0 Å². The minimum absolute atomic E-state index is 0.0434. The van der Waals surface area contributed by atoms with Crippen LogP contribution in [0.2, 0.25) is 0 Å². The SMILES string of the molecule is CC(C)(C)OC(=O)c1ccc(N2CCC3(CC=CCO3)CC2)cc1. The smallest absolute Gasteiger partial charge is 0.338 e. The third-order valence-corrected chi connectivity index (χ3v) is 4.68. The Hall–Kier alpha value is -1.81. The molecule has 2 aliphatic rings. The van der Waals surface area contributed by atoms with Gasteiger partial charge < -0.3 is 14.4 Å². The average molecular weight is 329 g/mol. The Bertz CT molecular complexity index is 605. The Balaban J connectivity index is 1.60. The van der Waals surface area contributed by atoms with E-state index in [2.05, 4.69) is 17.1 Å². The fourth-order valence-corrected chi connectivity index (χ4v) is 3.32. The predicted molar refractivity (Wildman–Crippen MR) is 95.5 cm³/mol. The van der Waals surface area contributed by atoms with Gasteiger partial charge >= 0.3 is 5.97 Å². The summed E-state index contributed by atoms with van der Waals surface area (Å²) in [5.74, 6) is -0.269. The number of carbonyl (C=O) groups is 1. The van der Waals surface area contributed by atoms with E-state index >= 15 is 0 Å². The van der Waals surface area contributed by atoms with Crippen molar-refractivity contribution >= 4 is 11.7 Å². The van der Waals surface area contributed by atoms with Crippen LogP contribution in [0.4, 0.5) is 5.69 Å². The van der Waals surface area contributed by atoms with Crippen LogP contribution in [0.1, 0.15) is 50.4 Å². The topological polar surface area (TPSA) is 38.8 Å². The number of hydrogen-bond donors (Lipinski definition) is 0. The van der Waals surface area contributed by atoms with Gasteiger partial charge in [0.2, 0.25) is 0 Å². The summed E-state index contributed by atoms with van der Waals surface area (Å²) in [4.78, 5) is 14.5. The maximum atomic E-state index is 12.1. The molecular weight excluding hydrogens is 302 g/mol. The summed E-state index contributed by atoms with van der Waals surface area (Å²) in [5.41, 5.74) is 1.33. The van der Waals surface area contributed by atoms with Crippen molar-refractivity contribution in [3.05, 3.63) is 42.0 Å². The lowest BCUT2D eigenvalue weighted by Gasteiger charge is -2.43. The second-order valence-electron chi connectivity index (χ2n) is 7.71. The third-order valence-electron chi connectivity index (χ3n) is 4.68. The molecule has 24 heavy (non-hydrogen) atoms. The summed E-state index contributed by atoms with van der Waals surface area (Å²) in [7, 11) is 0. The van der Waals surface area contributed by atoms with Crippen molar-refractivity contribution in [2.45, 2.75) is 51.2 Å². The molecule has 0 aromatic heterocycles. The van der Waals surface area contributed by atoms with E-state index in [0.29, 0.717) is 5.56 Å². The largest absolute Gasteiger partial charge is 0.456 e. The Morgan fingerprint density at radius 2 is 1.79 bits per heavy atom. The van der Waals surface area contributed by atoms with Crippen molar-refractivity contribution in [2.75, 3.05) is 24.6 Å². The zero-order chi connectivity index (χ0) is 17.2. The van der Waals surface area contributed by atoms with Gasteiger partial charge in [0.1, 0.15) is 5.60 Å². The number of benzene rings is 1. The Morgan fingerprint density at radius 3 is 2.33 bits per heavy atom. The Labute approximate surface area is 144 Å². The third kappa shape index (κ3) is 3.99. The molecule has 4 heteroatoms. The number of ether oxygens (including phenoxy) is 2. The highest BCUT2D eigenvalue weighted by Crippen LogP contribution is 2.34. The molecule has 2 aliphatic heterocycles. The van der Waals surface area contributed by atoms with Gasteiger partial charge in [-0.25, -0.2) is 4.79 Å². The van der Waals surface area contributed by atoms with E-state index < -0.39 is 5.60 Å². The molecule has 130 valence electrons. The van der Waals surface area contributed by atoms with Crippen molar-refractivity contribution in [1.82, 2.24) is 0 Å². The van der Waals surface area contributed by atoms with Crippen LogP contribution >= 0.6 is 0 Å². The standard InChI is InChI=1S/C20H27NO3/c1-19(2,3)24-18(22)16-6-8-17(9-7-16)21-13-11-20(12-14-21)10-4-5-15-23-20/h4-9H,10-15H2,1-3H3. The minimum Gasteiger partial charge on any atom is -0.456 e. The highest BCUT2D eigenvalue weighted by Gasteiger charge is 2.35. The molecule has 0 atom stereocenters. The lowest BCUT2D eigenvalue weighted by molar-refractivity contribution is -0.0531. The van der Waals surface area contributed by atoms with Crippen LogP contribution in [0.25, 0.3) is 0 Å². The van der Waals surface area contributed by atoms with E-state index in [1.54, 1.807) is 0 Å². The van der Waals surface area contributed by atoms with Crippen LogP contribution < -0.4 is 4.90 Å². The molecular formula is C20H27NO3. The molecule has 4 nitrogen and oxygen atoms in total. The second-order valence-corrected chi connectivity index (χ2v) is 7.71. The van der Waals surface area contributed by atoms with Gasteiger partial charge in [-0.1, -0.05) is 12.2 Å². The van der Waals surface area contributed by atoms with Gasteiger partial charge in [-0.2, -0.15) is 0 Å². The van der Waals surface area contributed by atoms with Gasteiger partial charge in [0.25, 0.3) is 0 Å². The molecule has 0 aliphatic carbocycles. The Kier molecular flexibility index (Phi) is 4.68. The first-order valence-corrected chi connectivity index (χ1v) is 8.74. The zero-order valence-corrected chi connectivity index (χ0v) is 14.9. The monoisotopic (exact) mass is 329 g/mol. The summed E-state index contributed by atoms with van der Waals surface area (Å²) in [6, 6.07) is 7.74. The summed E-state index contributed by atoms with van der Waals surface area (Å²) in [6.45, 7) is 8.35. The van der Waals surface area contributed by atoms with Crippen LogP contribution in [0.5, 0.6) is 0 Å². The summed E-state index contributed by atoms with van der Waals surface area (Å²) >= 11 is 0. The second kappa shape index (κ2) is 6.60. The number of hydrogen-bond acceptors (Lipinski definition) is 4. The van der Waals surface area contributed by atoms with Gasteiger partial charge in [0, 0.05) is 18.8 Å². The van der Waals surface area contributed by atoms with Crippen LogP contribution in [-0.2, 0) is 9.47 Å². The first kappa shape index (κ1) is 17.0. The molecule has 0 unspecified atom stereocenters. The molecule has 1 saturated heterocycles. The first-order valence-electron chi connectivity index (χ1n) is 8.74. The number of anilines is 1. The van der Waals surface area contributed by atoms with Gasteiger partial charge in [0.05, 0.1) is 17.8 Å². The van der Waals surface area contributed by atoms with E-state index in [0.717, 1.165) is 44.6 Å². The summed E-state index contributed by atoms with van der Waals surface area (Å²) < 4.78 is 11.4. The van der Waals surface area contributed by atoms with E-state index in [-0.39, 0.29) is 11.6 Å². The van der Waals surface area contributed by atoms with E-state index in [1.807, 2.05) is 45.0 Å². The Morgan fingerprint density at radius 1 is 1.12 bits per heavy atom. The number of piperidine rings is 1. The number of carbonyl (C=O) groups excluding carboxylic acids is 1. The van der Waals surface area contributed by atoms with Crippen molar-refractivity contribution in [3.8, 4) is 0 Å². The molecule has 1 aromatic rings. The quantitative estimate of drug-likeness (QED) is 0.608. The van der Waals surface area contributed by atoms with Crippen molar-refractivity contribution in [2.24, 2.45) is 0 Å². The lowest BCUT2D eigenvalue weighted by Crippen LogP contribution is -2.46.